The van der Waals surface area contributed by atoms with Crippen LogP contribution >= 0.6 is 0 Å². The molecule has 204 valence electrons. The van der Waals surface area contributed by atoms with Crippen LogP contribution in [0.15, 0.2) is 34.9 Å². The number of carbonyl (C=O) groups excluding carboxylic acids is 4. The summed E-state index contributed by atoms with van der Waals surface area (Å²) in [6.45, 7) is 5.66. The Morgan fingerprint density at radius 2 is 1.97 bits per heavy atom. The zero-order chi connectivity index (χ0) is 28.3. The van der Waals surface area contributed by atoms with E-state index in [1.54, 1.807) is 52.1 Å². The van der Waals surface area contributed by atoms with E-state index in [0.717, 1.165) is 4.90 Å². The van der Waals surface area contributed by atoms with E-state index in [2.05, 4.69) is 10.3 Å². The number of halogens is 1. The first kappa shape index (κ1) is 26.1. The fourth-order valence-electron chi connectivity index (χ4n) is 4.71. The first-order chi connectivity index (χ1) is 18.4. The SMILES string of the molecule is COc1ccc2c(c1F)C(=O)N(C[C@@]1(c3cc4c(C)nccc4o3)NC(=O)N(COC(=O)C(C)(C)C)C1=O)C2. The molecule has 3 aromatic rings. The van der Waals surface area contributed by atoms with Crippen molar-refractivity contribution in [3.05, 3.63) is 58.9 Å². The molecule has 5 rings (SSSR count). The maximum Gasteiger partial charge on any atom is 0.328 e. The molecule has 0 saturated carbocycles. The van der Waals surface area contributed by atoms with Crippen LogP contribution in [0.2, 0.25) is 0 Å². The number of imide groups is 1. The Balaban J connectivity index is 1.54. The summed E-state index contributed by atoms with van der Waals surface area (Å²) in [6, 6.07) is 5.35. The second-order valence-electron chi connectivity index (χ2n) is 10.6. The van der Waals surface area contributed by atoms with Crippen molar-refractivity contribution in [2.24, 2.45) is 5.41 Å². The predicted octanol–water partition coefficient (Wildman–Crippen LogP) is 3.23. The lowest BCUT2D eigenvalue weighted by molar-refractivity contribution is -0.158. The zero-order valence-electron chi connectivity index (χ0n) is 22.1. The number of hydrogen-bond donors (Lipinski definition) is 1. The summed E-state index contributed by atoms with van der Waals surface area (Å²) in [4.78, 5) is 59.0. The zero-order valence-corrected chi connectivity index (χ0v) is 22.1. The number of methoxy groups -OCH3 is 1. The smallest absolute Gasteiger partial charge is 0.328 e. The molecule has 2 aliphatic rings. The summed E-state index contributed by atoms with van der Waals surface area (Å²) in [5.41, 5.74) is -1.45. The topological polar surface area (TPSA) is 131 Å². The minimum absolute atomic E-state index is 0.0141. The number of amides is 4. The van der Waals surface area contributed by atoms with Crippen LogP contribution in [0.1, 0.15) is 48.1 Å². The first-order valence-corrected chi connectivity index (χ1v) is 12.2. The minimum atomic E-state index is -1.88. The number of ether oxygens (including phenoxy) is 2. The van der Waals surface area contributed by atoms with Crippen LogP contribution in [0.25, 0.3) is 11.0 Å². The number of fused-ring (bicyclic) bond motifs is 2. The van der Waals surface area contributed by atoms with Gasteiger partial charge in [-0.25, -0.2) is 14.1 Å². The lowest BCUT2D eigenvalue weighted by Gasteiger charge is -2.29. The Hall–Kier alpha value is -4.48. The van der Waals surface area contributed by atoms with Crippen LogP contribution in [0.3, 0.4) is 0 Å². The second kappa shape index (κ2) is 9.07. The molecule has 11 nitrogen and oxygen atoms in total. The number of pyridine rings is 1. The Morgan fingerprint density at radius 1 is 1.23 bits per heavy atom. The number of hydrogen-bond acceptors (Lipinski definition) is 8. The summed E-state index contributed by atoms with van der Waals surface area (Å²) in [6.07, 6.45) is 1.54. The van der Waals surface area contributed by atoms with Crippen LogP contribution in [0.5, 0.6) is 5.75 Å². The third kappa shape index (κ3) is 4.16. The van der Waals surface area contributed by atoms with E-state index >= 15 is 0 Å². The summed E-state index contributed by atoms with van der Waals surface area (Å²) in [5, 5.41) is 3.27. The molecule has 12 heteroatoms. The van der Waals surface area contributed by atoms with Crippen molar-refractivity contribution in [2.45, 2.75) is 39.8 Å². The summed E-state index contributed by atoms with van der Waals surface area (Å²) in [7, 11) is 1.29. The molecule has 1 saturated heterocycles. The van der Waals surface area contributed by atoms with E-state index in [1.807, 2.05) is 0 Å². The van der Waals surface area contributed by atoms with Crippen molar-refractivity contribution in [3.63, 3.8) is 0 Å². The average molecular weight is 539 g/mol. The molecule has 0 aliphatic carbocycles. The predicted molar refractivity (Wildman–Crippen MR) is 134 cm³/mol. The number of carbonyl (C=O) groups is 4. The van der Waals surface area contributed by atoms with Gasteiger partial charge >= 0.3 is 12.0 Å². The van der Waals surface area contributed by atoms with Crippen LogP contribution in [-0.4, -0.2) is 59.0 Å². The van der Waals surface area contributed by atoms with Gasteiger partial charge in [0.25, 0.3) is 11.8 Å². The van der Waals surface area contributed by atoms with Gasteiger partial charge < -0.3 is 24.1 Å². The second-order valence-corrected chi connectivity index (χ2v) is 10.6. The number of aryl methyl sites for hydroxylation is 1. The molecular weight excluding hydrogens is 511 g/mol. The van der Waals surface area contributed by atoms with Gasteiger partial charge in [-0.15, -0.1) is 0 Å². The number of esters is 1. The fourth-order valence-corrected chi connectivity index (χ4v) is 4.71. The van der Waals surface area contributed by atoms with E-state index in [1.165, 1.54) is 18.1 Å². The first-order valence-electron chi connectivity index (χ1n) is 12.2. The normalized spacial score (nSPS) is 19.1. The molecule has 1 N–H and O–H groups in total. The Labute approximate surface area is 222 Å². The minimum Gasteiger partial charge on any atom is -0.494 e. The number of rotatable bonds is 6. The molecule has 2 aromatic heterocycles. The highest BCUT2D eigenvalue weighted by Gasteiger charge is 2.57. The van der Waals surface area contributed by atoms with Crippen LogP contribution in [0, 0.1) is 18.2 Å². The van der Waals surface area contributed by atoms with Gasteiger partial charge in [-0.1, -0.05) is 6.07 Å². The van der Waals surface area contributed by atoms with Crippen molar-refractivity contribution >= 4 is 34.8 Å². The van der Waals surface area contributed by atoms with Crippen molar-refractivity contribution in [1.29, 1.82) is 0 Å². The number of benzene rings is 1. The van der Waals surface area contributed by atoms with E-state index < -0.39 is 47.3 Å². The molecule has 4 heterocycles. The molecule has 0 bridgehead atoms. The van der Waals surface area contributed by atoms with Gasteiger partial charge in [0, 0.05) is 23.8 Å². The van der Waals surface area contributed by atoms with Crippen LogP contribution < -0.4 is 10.1 Å². The van der Waals surface area contributed by atoms with Crippen LogP contribution in [0.4, 0.5) is 9.18 Å². The molecule has 1 aromatic carbocycles. The van der Waals surface area contributed by atoms with Gasteiger partial charge in [-0.3, -0.25) is 19.4 Å². The van der Waals surface area contributed by atoms with Crippen molar-refractivity contribution < 1.29 is 37.5 Å². The Morgan fingerprint density at radius 3 is 2.64 bits per heavy atom. The maximum atomic E-state index is 15.0. The highest BCUT2D eigenvalue weighted by atomic mass is 19.1. The van der Waals surface area contributed by atoms with Crippen LogP contribution in [-0.2, 0) is 26.4 Å². The molecule has 2 aliphatic heterocycles. The number of nitrogens with one attached hydrogen (secondary N) is 1. The van der Waals surface area contributed by atoms with E-state index in [4.69, 9.17) is 13.9 Å². The summed E-state index contributed by atoms with van der Waals surface area (Å²) >= 11 is 0. The van der Waals surface area contributed by atoms with E-state index in [0.29, 0.717) is 22.2 Å². The lowest BCUT2D eigenvalue weighted by atomic mass is 9.94. The van der Waals surface area contributed by atoms with E-state index in [-0.39, 0.29) is 30.2 Å². The third-order valence-electron chi connectivity index (χ3n) is 6.88. The molecule has 1 atom stereocenters. The number of furan rings is 1. The average Bonchev–Trinajstić information content (AvgIpc) is 3.52. The van der Waals surface area contributed by atoms with Crippen molar-refractivity contribution in [3.8, 4) is 5.75 Å². The van der Waals surface area contributed by atoms with Gasteiger partial charge in [-0.05, 0) is 51.5 Å². The molecule has 0 unspecified atom stereocenters. The Bertz CT molecular complexity index is 1540. The molecule has 0 radical (unpaired) electrons. The fraction of sp³-hybridized carbons (Fsp3) is 0.370. The van der Waals surface area contributed by atoms with Gasteiger partial charge in [0.15, 0.2) is 23.8 Å². The van der Waals surface area contributed by atoms with Gasteiger partial charge in [0.2, 0.25) is 0 Å². The third-order valence-corrected chi connectivity index (χ3v) is 6.88. The number of nitrogens with zero attached hydrogens (tertiary/aromatic N) is 3. The highest BCUT2D eigenvalue weighted by molar-refractivity contribution is 6.08. The van der Waals surface area contributed by atoms with Crippen molar-refractivity contribution in [2.75, 3.05) is 20.4 Å². The van der Waals surface area contributed by atoms with Gasteiger partial charge in [-0.2, -0.15) is 0 Å². The Kier molecular flexibility index (Phi) is 6.08. The molecule has 4 amide bonds. The lowest BCUT2D eigenvalue weighted by Crippen LogP contribution is -2.52. The summed E-state index contributed by atoms with van der Waals surface area (Å²) in [5.74, 6) is -2.91. The molecule has 0 spiro atoms. The molecule has 39 heavy (non-hydrogen) atoms. The number of urea groups is 1. The van der Waals surface area contributed by atoms with Gasteiger partial charge in [0.05, 0.1) is 24.6 Å². The largest absolute Gasteiger partial charge is 0.494 e. The molecular formula is C27H27FN4O7. The van der Waals surface area contributed by atoms with E-state index in [9.17, 15) is 23.6 Å². The monoisotopic (exact) mass is 538 g/mol. The standard InChI is InChI=1S/C27H27FN4O7/c1-14-16-10-19(39-17(16)8-9-29-14)27(23(34)32(25(36)30-27)13-38-24(35)26(2,3)4)12-31-11-15-6-7-18(37-5)21(28)20(15)22(31)33/h6-10H,11-13H2,1-5H3,(H,30,36)/t27-/m0/s1. The van der Waals surface area contributed by atoms with Crippen molar-refractivity contribution in [1.82, 2.24) is 20.1 Å². The maximum absolute atomic E-state index is 15.0. The van der Waals surface area contributed by atoms with Gasteiger partial charge in [0.1, 0.15) is 11.3 Å². The molecule has 1 fully saturated rings. The highest BCUT2D eigenvalue weighted by Crippen LogP contribution is 2.38. The summed E-state index contributed by atoms with van der Waals surface area (Å²) < 4.78 is 31.3. The number of aromatic nitrogens is 1. The quantitative estimate of drug-likeness (QED) is 0.374.